The standard InChI is InChI=1S/C34H34FN5O3/c1-2-20-6-3-7-21-14-24(41)15-25(27(20)21)29-28(35)30-26(16-36-29)32(39-17-22-8-9-23(18-39)31(22)42)38-33(37-30)43-19-34-10-4-12-40(34)13-5-11-34/h1,3,6-7,14-16,22-23,31,41-42H,4-5,8-13,17-19H2. The number of ether oxygens (including phenoxy) is 1. The van der Waals surface area contributed by atoms with Crippen molar-refractivity contribution in [1.29, 1.82) is 0 Å². The molecule has 2 aromatic carbocycles. The number of aromatic nitrogens is 3. The first-order valence-corrected chi connectivity index (χ1v) is 15.3. The number of aromatic hydroxyl groups is 1. The lowest BCUT2D eigenvalue weighted by molar-refractivity contribution is 0.0790. The first-order chi connectivity index (χ1) is 20.9. The van der Waals surface area contributed by atoms with Gasteiger partial charge in [0.2, 0.25) is 0 Å². The number of hydrogen-bond donors (Lipinski definition) is 2. The molecule has 4 fully saturated rings. The number of benzene rings is 2. The Hall–Kier alpha value is -4.00. The van der Waals surface area contributed by atoms with Crippen LogP contribution in [0.15, 0.2) is 36.5 Å². The lowest BCUT2D eigenvalue weighted by Crippen LogP contribution is -2.45. The molecule has 8 nitrogen and oxygen atoms in total. The monoisotopic (exact) mass is 579 g/mol. The van der Waals surface area contributed by atoms with Gasteiger partial charge in [0.25, 0.3) is 0 Å². The number of aliphatic hydroxyl groups is 1. The Balaban J connectivity index is 1.27. The highest BCUT2D eigenvalue weighted by Gasteiger charge is 2.45. The highest BCUT2D eigenvalue weighted by molar-refractivity contribution is 6.02. The number of rotatable bonds is 5. The largest absolute Gasteiger partial charge is 0.508 e. The van der Waals surface area contributed by atoms with Gasteiger partial charge in [0.1, 0.15) is 29.4 Å². The summed E-state index contributed by atoms with van der Waals surface area (Å²) >= 11 is 0. The van der Waals surface area contributed by atoms with Crippen molar-refractivity contribution < 1.29 is 19.3 Å². The number of fused-ring (bicyclic) bond motifs is 5. The first kappa shape index (κ1) is 26.6. The zero-order valence-corrected chi connectivity index (χ0v) is 24.0. The van der Waals surface area contributed by atoms with E-state index in [1.807, 2.05) is 12.1 Å². The molecule has 3 aliphatic heterocycles. The molecule has 9 heteroatoms. The lowest BCUT2D eigenvalue weighted by atomic mass is 9.94. The number of phenols is 1. The number of piperidine rings is 1. The van der Waals surface area contributed by atoms with E-state index in [9.17, 15) is 10.2 Å². The molecule has 4 aliphatic rings. The number of halogens is 1. The van der Waals surface area contributed by atoms with Crippen LogP contribution < -0.4 is 9.64 Å². The van der Waals surface area contributed by atoms with Crippen molar-refractivity contribution in [3.8, 4) is 35.4 Å². The van der Waals surface area contributed by atoms with Crippen LogP contribution in [0.5, 0.6) is 11.8 Å². The molecule has 2 bridgehead atoms. The number of anilines is 1. The summed E-state index contributed by atoms with van der Waals surface area (Å²) in [5, 5.41) is 23.1. The summed E-state index contributed by atoms with van der Waals surface area (Å²) in [7, 11) is 0. The third-order valence-electron chi connectivity index (χ3n) is 10.4. The summed E-state index contributed by atoms with van der Waals surface area (Å²) in [5.41, 5.74) is 1.14. The molecule has 8 rings (SSSR count). The van der Waals surface area contributed by atoms with Crippen LogP contribution in [0.1, 0.15) is 44.1 Å². The van der Waals surface area contributed by atoms with Gasteiger partial charge >= 0.3 is 6.01 Å². The van der Waals surface area contributed by atoms with Gasteiger partial charge < -0.3 is 19.8 Å². The Kier molecular flexibility index (Phi) is 6.21. The van der Waals surface area contributed by atoms with E-state index in [2.05, 4.69) is 25.7 Å². The molecule has 2 N–H and O–H groups in total. The van der Waals surface area contributed by atoms with Crippen molar-refractivity contribution in [1.82, 2.24) is 19.9 Å². The summed E-state index contributed by atoms with van der Waals surface area (Å²) in [6.07, 6.45) is 13.5. The van der Waals surface area contributed by atoms with Crippen molar-refractivity contribution in [2.45, 2.75) is 50.2 Å². The van der Waals surface area contributed by atoms with E-state index in [0.717, 1.165) is 51.6 Å². The predicted molar refractivity (Wildman–Crippen MR) is 163 cm³/mol. The minimum atomic E-state index is -0.619. The quantitative estimate of drug-likeness (QED) is 0.323. The molecule has 220 valence electrons. The molecule has 4 aromatic rings. The number of hydrogen-bond acceptors (Lipinski definition) is 8. The smallest absolute Gasteiger partial charge is 0.319 e. The summed E-state index contributed by atoms with van der Waals surface area (Å²) in [4.78, 5) is 18.8. The number of terminal acetylenes is 1. The van der Waals surface area contributed by atoms with Gasteiger partial charge in [0, 0.05) is 47.6 Å². The molecule has 1 saturated carbocycles. The third-order valence-corrected chi connectivity index (χ3v) is 10.4. The molecule has 5 heterocycles. The van der Waals surface area contributed by atoms with E-state index < -0.39 is 5.82 Å². The summed E-state index contributed by atoms with van der Waals surface area (Å²) in [6, 6.07) is 8.69. The average Bonchev–Trinajstić information content (AvgIpc) is 3.64. The minimum Gasteiger partial charge on any atom is -0.508 e. The normalized spacial score (nSPS) is 24.5. The summed E-state index contributed by atoms with van der Waals surface area (Å²) < 4.78 is 23.1. The van der Waals surface area contributed by atoms with E-state index in [1.54, 1.807) is 18.3 Å². The topological polar surface area (TPSA) is 94.8 Å². The van der Waals surface area contributed by atoms with Gasteiger partial charge in [-0.1, -0.05) is 18.1 Å². The fourth-order valence-corrected chi connectivity index (χ4v) is 8.26. The fourth-order valence-electron chi connectivity index (χ4n) is 8.26. The predicted octanol–water partition coefficient (Wildman–Crippen LogP) is 4.89. The highest BCUT2D eigenvalue weighted by Crippen LogP contribution is 2.43. The molecule has 2 atom stereocenters. The van der Waals surface area contributed by atoms with Gasteiger partial charge in [-0.05, 0) is 75.2 Å². The molecular formula is C34H34FN5O3. The number of phenolic OH excluding ortho intramolecular Hbond substituents is 1. The van der Waals surface area contributed by atoms with Gasteiger partial charge in [0.05, 0.1) is 17.0 Å². The zero-order chi connectivity index (χ0) is 29.3. The van der Waals surface area contributed by atoms with Crippen molar-refractivity contribution in [2.24, 2.45) is 11.8 Å². The molecule has 2 unspecified atom stereocenters. The van der Waals surface area contributed by atoms with Crippen LogP contribution >= 0.6 is 0 Å². The van der Waals surface area contributed by atoms with Crippen molar-refractivity contribution in [3.63, 3.8) is 0 Å². The maximum absolute atomic E-state index is 16.8. The van der Waals surface area contributed by atoms with E-state index >= 15 is 4.39 Å². The fraction of sp³-hybridized carbons (Fsp3) is 0.441. The van der Waals surface area contributed by atoms with E-state index in [0.29, 0.717) is 52.8 Å². The van der Waals surface area contributed by atoms with E-state index in [4.69, 9.17) is 16.1 Å². The van der Waals surface area contributed by atoms with Crippen LogP contribution in [-0.4, -0.2) is 74.5 Å². The minimum absolute atomic E-state index is 0.00958. The molecular weight excluding hydrogens is 545 g/mol. The number of nitrogens with zero attached hydrogens (tertiary/aromatic N) is 5. The molecule has 3 saturated heterocycles. The Labute approximate surface area is 249 Å². The SMILES string of the molecule is C#Cc1cccc2cc(O)cc(-c3ncc4c(N5CC6CCC(C5)C6O)nc(OCC56CCCN5CCC6)nc4c3F)c12. The molecule has 0 spiro atoms. The summed E-state index contributed by atoms with van der Waals surface area (Å²) in [6.45, 7) is 3.88. The second-order valence-corrected chi connectivity index (χ2v) is 12.8. The van der Waals surface area contributed by atoms with Crippen LogP contribution in [0.3, 0.4) is 0 Å². The molecule has 1 aliphatic carbocycles. The Morgan fingerprint density at radius 3 is 2.60 bits per heavy atom. The van der Waals surface area contributed by atoms with Crippen LogP contribution in [0.2, 0.25) is 0 Å². The Morgan fingerprint density at radius 2 is 1.86 bits per heavy atom. The van der Waals surface area contributed by atoms with Gasteiger partial charge in [-0.2, -0.15) is 9.97 Å². The van der Waals surface area contributed by atoms with Crippen molar-refractivity contribution in [2.75, 3.05) is 37.7 Å². The van der Waals surface area contributed by atoms with Crippen LogP contribution in [0.25, 0.3) is 32.9 Å². The first-order valence-electron chi connectivity index (χ1n) is 15.3. The van der Waals surface area contributed by atoms with Crippen molar-refractivity contribution >= 4 is 27.5 Å². The third kappa shape index (κ3) is 4.22. The van der Waals surface area contributed by atoms with Gasteiger partial charge in [-0.3, -0.25) is 9.88 Å². The Morgan fingerprint density at radius 1 is 1.09 bits per heavy atom. The number of aliphatic hydroxyl groups excluding tert-OH is 1. The molecule has 43 heavy (non-hydrogen) atoms. The van der Waals surface area contributed by atoms with Crippen LogP contribution in [0, 0.1) is 30.0 Å². The van der Waals surface area contributed by atoms with Gasteiger partial charge in [-0.25, -0.2) is 4.39 Å². The number of pyridine rings is 1. The van der Waals surface area contributed by atoms with Crippen LogP contribution in [0.4, 0.5) is 10.2 Å². The molecule has 0 amide bonds. The van der Waals surface area contributed by atoms with E-state index in [-0.39, 0.29) is 46.4 Å². The Bertz CT molecular complexity index is 1780. The maximum Gasteiger partial charge on any atom is 0.319 e. The highest BCUT2D eigenvalue weighted by atomic mass is 19.1. The van der Waals surface area contributed by atoms with Crippen LogP contribution in [-0.2, 0) is 0 Å². The van der Waals surface area contributed by atoms with Crippen molar-refractivity contribution in [3.05, 3.63) is 47.9 Å². The lowest BCUT2D eigenvalue weighted by Gasteiger charge is -2.36. The van der Waals surface area contributed by atoms with Gasteiger partial charge in [0.15, 0.2) is 5.82 Å². The summed E-state index contributed by atoms with van der Waals surface area (Å²) in [5.74, 6) is 2.94. The second kappa shape index (κ2) is 10.0. The second-order valence-electron chi connectivity index (χ2n) is 12.8. The maximum atomic E-state index is 16.8. The van der Waals surface area contributed by atoms with E-state index in [1.165, 1.54) is 6.07 Å². The zero-order valence-electron chi connectivity index (χ0n) is 24.0. The molecule has 2 aromatic heterocycles. The average molecular weight is 580 g/mol. The van der Waals surface area contributed by atoms with Gasteiger partial charge in [-0.15, -0.1) is 6.42 Å². The molecule has 0 radical (unpaired) electrons.